The van der Waals surface area contributed by atoms with Crippen LogP contribution in [0, 0.1) is 11.3 Å². The Balaban J connectivity index is -0.000000203. The molecule has 1 rings (SSSR count). The summed E-state index contributed by atoms with van der Waals surface area (Å²) in [5.74, 6) is -2.45. The number of nitrogen functional groups attached to an aromatic ring is 1. The molecule has 1 atom stereocenters. The van der Waals surface area contributed by atoms with Crippen molar-refractivity contribution in [2.45, 2.75) is 20.4 Å². The molecule has 0 bridgehead atoms. The first-order valence-corrected chi connectivity index (χ1v) is 8.91. The van der Waals surface area contributed by atoms with Gasteiger partial charge in [0.25, 0.3) is 11.9 Å². The number of nitrogens with zero attached hydrogens (tertiary/aromatic N) is 4. The van der Waals surface area contributed by atoms with Crippen LogP contribution >= 0.6 is 0 Å². The fourth-order valence-electron chi connectivity index (χ4n) is 1.18. The zero-order valence-corrected chi connectivity index (χ0v) is 19.2. The van der Waals surface area contributed by atoms with Crippen molar-refractivity contribution in [2.75, 3.05) is 26.9 Å². The van der Waals surface area contributed by atoms with Crippen LogP contribution in [0.2, 0.25) is 0 Å². The van der Waals surface area contributed by atoms with E-state index in [4.69, 9.17) is 32.4 Å². The third-order valence-electron chi connectivity index (χ3n) is 2.73. The normalized spacial score (nSPS) is 9.33. The van der Waals surface area contributed by atoms with Crippen LogP contribution in [-0.4, -0.2) is 84.1 Å². The van der Waals surface area contributed by atoms with Crippen molar-refractivity contribution >= 4 is 48.0 Å². The SMILES string of the molecule is C.CC(=O)O.CNC(=O)N=CNC(=O)NC.CNC(=O)n1cnc(C(N)=O)c1N.N#CC(N)C(N)=O. The highest BCUT2D eigenvalue weighted by molar-refractivity contribution is 5.97. The van der Waals surface area contributed by atoms with E-state index in [1.54, 1.807) is 0 Å². The molecule has 0 spiro atoms. The second-order valence-corrected chi connectivity index (χ2v) is 5.33. The predicted octanol–water partition coefficient (Wildman–Crippen LogP) is -2.92. The maximum Gasteiger partial charge on any atom is 0.342 e. The van der Waals surface area contributed by atoms with Gasteiger partial charge in [-0.05, 0) is 0 Å². The van der Waals surface area contributed by atoms with Crippen LogP contribution in [0.15, 0.2) is 11.3 Å². The van der Waals surface area contributed by atoms with Crippen LogP contribution in [0.5, 0.6) is 0 Å². The Kier molecular flexibility index (Phi) is 22.8. The molecule has 0 aliphatic rings. The van der Waals surface area contributed by atoms with E-state index >= 15 is 0 Å². The number of carbonyl (C=O) groups excluding carboxylic acids is 5. The molecule has 19 nitrogen and oxygen atoms in total. The van der Waals surface area contributed by atoms with Gasteiger partial charge in [0.1, 0.15) is 18.5 Å². The summed E-state index contributed by atoms with van der Waals surface area (Å²) in [7, 11) is 4.34. The molecule has 202 valence electrons. The Bertz CT molecular complexity index is 948. The van der Waals surface area contributed by atoms with Gasteiger partial charge >= 0.3 is 18.1 Å². The number of carboxylic acids is 1. The number of primary amides is 2. The fraction of sp³-hybridized carbons (Fsp3) is 0.353. The Morgan fingerprint density at radius 2 is 1.64 bits per heavy atom. The van der Waals surface area contributed by atoms with Crippen molar-refractivity contribution in [3.8, 4) is 6.07 Å². The number of imidazole rings is 1. The highest BCUT2D eigenvalue weighted by atomic mass is 16.4. The summed E-state index contributed by atoms with van der Waals surface area (Å²) in [6, 6.07) is -1.09. The van der Waals surface area contributed by atoms with Crippen molar-refractivity contribution in [3.05, 3.63) is 12.0 Å². The Morgan fingerprint density at radius 3 is 1.92 bits per heavy atom. The van der Waals surface area contributed by atoms with Gasteiger partial charge in [0.05, 0.1) is 6.07 Å². The molecule has 13 N–H and O–H groups in total. The van der Waals surface area contributed by atoms with Crippen LogP contribution in [0.4, 0.5) is 20.2 Å². The topological polar surface area (TPSA) is 329 Å². The van der Waals surface area contributed by atoms with E-state index in [0.717, 1.165) is 24.2 Å². The lowest BCUT2D eigenvalue weighted by Crippen LogP contribution is -2.34. The molecule has 1 aromatic rings. The average Bonchev–Trinajstić information content (AvgIpc) is 3.19. The van der Waals surface area contributed by atoms with Crippen molar-refractivity contribution < 1.29 is 33.9 Å². The van der Waals surface area contributed by atoms with E-state index in [9.17, 15) is 24.0 Å². The minimum absolute atomic E-state index is 0. The van der Waals surface area contributed by atoms with Gasteiger partial charge in [-0.1, -0.05) is 7.43 Å². The molecule has 1 unspecified atom stereocenters. The smallest absolute Gasteiger partial charge is 0.342 e. The van der Waals surface area contributed by atoms with Crippen LogP contribution < -0.4 is 44.2 Å². The van der Waals surface area contributed by atoms with Crippen molar-refractivity contribution in [1.82, 2.24) is 30.8 Å². The first-order chi connectivity index (χ1) is 16.2. The molecule has 0 saturated heterocycles. The van der Waals surface area contributed by atoms with Gasteiger partial charge in [-0.15, -0.1) is 0 Å². The van der Waals surface area contributed by atoms with Gasteiger partial charge in [-0.3, -0.25) is 19.7 Å². The predicted molar refractivity (Wildman–Crippen MR) is 128 cm³/mol. The minimum atomic E-state index is -1.15. The minimum Gasteiger partial charge on any atom is -0.481 e. The van der Waals surface area contributed by atoms with Gasteiger partial charge in [0, 0.05) is 28.1 Å². The molecule has 36 heavy (non-hydrogen) atoms. The number of nitriles is 1. The molecule has 0 fully saturated rings. The summed E-state index contributed by atoms with van der Waals surface area (Å²) >= 11 is 0. The molecule has 1 aromatic heterocycles. The molecule has 1 heterocycles. The lowest BCUT2D eigenvalue weighted by molar-refractivity contribution is -0.134. The summed E-state index contributed by atoms with van der Waals surface area (Å²) in [5.41, 5.74) is 19.6. The summed E-state index contributed by atoms with van der Waals surface area (Å²) in [5, 5.41) is 24.3. The number of nitrogens with one attached hydrogen (secondary N) is 4. The van der Waals surface area contributed by atoms with Gasteiger partial charge in [-0.25, -0.2) is 23.9 Å². The van der Waals surface area contributed by atoms with E-state index in [0.29, 0.717) is 0 Å². The van der Waals surface area contributed by atoms with Gasteiger partial charge < -0.3 is 44.0 Å². The lowest BCUT2D eigenvalue weighted by atomic mass is 10.3. The molecule has 0 aromatic carbocycles. The van der Waals surface area contributed by atoms with E-state index in [2.05, 4.69) is 37.0 Å². The maximum atomic E-state index is 11.0. The third kappa shape index (κ3) is 19.4. The van der Waals surface area contributed by atoms with Crippen LogP contribution in [0.25, 0.3) is 0 Å². The molecule has 19 heteroatoms. The number of amides is 7. The van der Waals surface area contributed by atoms with Crippen LogP contribution in [-0.2, 0) is 9.59 Å². The average molecular weight is 517 g/mol. The van der Waals surface area contributed by atoms with E-state index in [1.165, 1.54) is 27.2 Å². The number of rotatable bonds is 3. The zero-order valence-electron chi connectivity index (χ0n) is 19.2. The molecule has 7 amide bonds. The van der Waals surface area contributed by atoms with E-state index in [1.807, 2.05) is 0 Å². The number of nitrogens with two attached hydrogens (primary N) is 4. The molecule has 0 aliphatic carbocycles. The quantitative estimate of drug-likeness (QED) is 0.145. The van der Waals surface area contributed by atoms with Crippen molar-refractivity contribution in [1.29, 1.82) is 5.26 Å². The number of aromatic nitrogens is 2. The van der Waals surface area contributed by atoms with Crippen LogP contribution in [0.3, 0.4) is 0 Å². The lowest BCUT2D eigenvalue weighted by Gasteiger charge is -2.01. The highest BCUT2D eigenvalue weighted by Crippen LogP contribution is 2.07. The standard InChI is InChI=1S/C6H9N5O2.C5H10N4O2.C3H5N3O.C2H4O2.CH4/c1-9-6(13)11-2-10-3(4(11)7)5(8)12;1-6-4(10)8-3-9-5(11)7-2;4-1-2(5)3(6)7;1-2(3)4;/h2H,7H2,1H3,(H2,8,12)(H,9,13);3H,1-2H3,(H3,6,7,8,9,10,11);2H,5H2,(H2,6,7);1H3,(H,3,4);1H4. The van der Waals surface area contributed by atoms with Gasteiger partial charge in [0.15, 0.2) is 11.7 Å². The summed E-state index contributed by atoms with van der Waals surface area (Å²) in [6.07, 6.45) is 2.14. The number of hydrogen-bond acceptors (Lipinski definition) is 10. The maximum absolute atomic E-state index is 11.0. The fourth-order valence-corrected chi connectivity index (χ4v) is 1.18. The largest absolute Gasteiger partial charge is 0.481 e. The summed E-state index contributed by atoms with van der Waals surface area (Å²) in [4.78, 5) is 68.2. The van der Waals surface area contributed by atoms with Gasteiger partial charge in [-0.2, -0.15) is 10.3 Å². The van der Waals surface area contributed by atoms with Crippen molar-refractivity contribution in [2.24, 2.45) is 22.2 Å². The number of carboxylic acid groups (broad SMARTS) is 1. The number of aliphatic carboxylic acids is 1. The van der Waals surface area contributed by atoms with E-state index in [-0.39, 0.29) is 18.9 Å². The second kappa shape index (κ2) is 21.6. The Morgan fingerprint density at radius 1 is 1.14 bits per heavy atom. The molecule has 0 saturated carbocycles. The van der Waals surface area contributed by atoms with Gasteiger partial charge in [0.2, 0.25) is 5.91 Å². The third-order valence-corrected chi connectivity index (χ3v) is 2.73. The Labute approximate surface area is 206 Å². The van der Waals surface area contributed by atoms with Crippen molar-refractivity contribution in [3.63, 3.8) is 0 Å². The first kappa shape index (κ1) is 38.0. The number of hydrogen-bond donors (Lipinski definition) is 9. The van der Waals surface area contributed by atoms with Crippen LogP contribution in [0.1, 0.15) is 24.8 Å². The summed E-state index contributed by atoms with van der Waals surface area (Å²) in [6.45, 7) is 1.08. The number of anilines is 1. The highest BCUT2D eigenvalue weighted by Gasteiger charge is 2.15. The first-order valence-electron chi connectivity index (χ1n) is 8.91. The molecule has 0 radical (unpaired) electrons. The number of aliphatic imine (C=N–C) groups is 1. The monoisotopic (exact) mass is 516 g/mol. The molecular formula is C17H32N12O7. The summed E-state index contributed by atoms with van der Waals surface area (Å²) < 4.78 is 1.00. The molecule has 0 aliphatic heterocycles. The second-order valence-electron chi connectivity index (χ2n) is 5.33. The van der Waals surface area contributed by atoms with E-state index < -0.39 is 41.9 Å². The zero-order chi connectivity index (χ0) is 28.1. The molecular weight excluding hydrogens is 484 g/mol. The number of urea groups is 2. The Hall–Kier alpha value is -5.25. The number of carbonyl (C=O) groups is 6.